The monoisotopic (exact) mass is 247 g/mol. The van der Waals surface area contributed by atoms with Crippen LogP contribution in [0.5, 0.6) is 0 Å². The molecule has 0 amide bonds. The highest BCUT2D eigenvalue weighted by molar-refractivity contribution is 8.00. The van der Waals surface area contributed by atoms with Gasteiger partial charge in [-0.2, -0.15) is 11.8 Å². The average molecular weight is 248 g/mol. The van der Waals surface area contributed by atoms with Crippen LogP contribution in [0.25, 0.3) is 0 Å². The molecule has 0 saturated carbocycles. The Kier molecular flexibility index (Phi) is 3.77. The van der Waals surface area contributed by atoms with Crippen LogP contribution < -0.4 is 5.32 Å². The van der Waals surface area contributed by atoms with Gasteiger partial charge in [0.05, 0.1) is 4.34 Å². The maximum atomic E-state index is 5.87. The molecule has 14 heavy (non-hydrogen) atoms. The minimum Gasteiger partial charge on any atom is -0.309 e. The first-order chi connectivity index (χ1) is 6.75. The molecular formula is C10H14ClNS2. The number of thioether (sulfide) groups is 1. The summed E-state index contributed by atoms with van der Waals surface area (Å²) in [5, 5.41) is 6.47. The third-order valence-corrected chi connectivity index (χ3v) is 5.03. The summed E-state index contributed by atoms with van der Waals surface area (Å²) in [6, 6.07) is 2.73. The van der Waals surface area contributed by atoms with Crippen LogP contribution in [-0.4, -0.2) is 17.0 Å². The second-order valence-electron chi connectivity index (χ2n) is 3.61. The van der Waals surface area contributed by atoms with E-state index in [0.717, 1.165) is 16.1 Å². The van der Waals surface area contributed by atoms with Crippen molar-refractivity contribution in [2.45, 2.75) is 31.2 Å². The van der Waals surface area contributed by atoms with Gasteiger partial charge < -0.3 is 5.32 Å². The number of hydrogen-bond donors (Lipinski definition) is 1. The summed E-state index contributed by atoms with van der Waals surface area (Å²) in [7, 11) is 0. The van der Waals surface area contributed by atoms with Crippen molar-refractivity contribution in [2.24, 2.45) is 0 Å². The minimum absolute atomic E-state index is 0.679. The van der Waals surface area contributed by atoms with E-state index >= 15 is 0 Å². The topological polar surface area (TPSA) is 12.0 Å². The van der Waals surface area contributed by atoms with Gasteiger partial charge in [-0.05, 0) is 29.2 Å². The molecule has 2 unspecified atom stereocenters. The van der Waals surface area contributed by atoms with Crippen molar-refractivity contribution >= 4 is 34.7 Å². The summed E-state index contributed by atoms with van der Waals surface area (Å²) in [4.78, 5) is 0. The van der Waals surface area contributed by atoms with Crippen LogP contribution in [0.2, 0.25) is 4.34 Å². The van der Waals surface area contributed by atoms with E-state index in [1.807, 2.05) is 6.07 Å². The summed E-state index contributed by atoms with van der Waals surface area (Å²) < 4.78 is 0.885. The van der Waals surface area contributed by atoms with Gasteiger partial charge in [0.25, 0.3) is 0 Å². The maximum Gasteiger partial charge on any atom is 0.0931 e. The highest BCUT2D eigenvalue weighted by atomic mass is 35.5. The predicted molar refractivity (Wildman–Crippen MR) is 66.5 cm³/mol. The quantitative estimate of drug-likeness (QED) is 0.879. The molecular weight excluding hydrogens is 234 g/mol. The molecule has 2 rings (SSSR count). The largest absolute Gasteiger partial charge is 0.309 e. The van der Waals surface area contributed by atoms with E-state index in [1.165, 1.54) is 17.7 Å². The molecule has 2 heterocycles. The van der Waals surface area contributed by atoms with Gasteiger partial charge in [0.2, 0.25) is 0 Å². The Morgan fingerprint density at radius 1 is 1.64 bits per heavy atom. The number of thiophene rings is 1. The maximum absolute atomic E-state index is 5.87. The summed E-state index contributed by atoms with van der Waals surface area (Å²) in [6.07, 6.45) is 1.30. The van der Waals surface area contributed by atoms with E-state index in [0.29, 0.717) is 6.04 Å². The lowest BCUT2D eigenvalue weighted by molar-refractivity contribution is 0.513. The zero-order chi connectivity index (χ0) is 9.97. The van der Waals surface area contributed by atoms with Gasteiger partial charge in [0.1, 0.15) is 0 Å². The normalized spacial score (nSPS) is 27.0. The molecule has 2 atom stereocenters. The van der Waals surface area contributed by atoms with E-state index in [1.54, 1.807) is 11.3 Å². The molecule has 0 bridgehead atoms. The molecule has 0 aliphatic carbocycles. The predicted octanol–water partition coefficient (Wildman–Crippen LogP) is 3.39. The summed E-state index contributed by atoms with van der Waals surface area (Å²) in [6.45, 7) is 3.26. The van der Waals surface area contributed by atoms with Crippen molar-refractivity contribution in [3.8, 4) is 0 Å². The fourth-order valence-electron chi connectivity index (χ4n) is 1.69. The molecule has 1 aromatic heterocycles. The molecule has 78 valence electrons. The first kappa shape index (κ1) is 10.8. The Morgan fingerprint density at radius 3 is 3.07 bits per heavy atom. The van der Waals surface area contributed by atoms with Crippen molar-refractivity contribution < 1.29 is 0 Å². The minimum atomic E-state index is 0.679. The molecule has 1 saturated heterocycles. The van der Waals surface area contributed by atoms with Crippen LogP contribution in [0.1, 0.15) is 18.9 Å². The third kappa shape index (κ3) is 2.66. The Bertz CT molecular complexity index is 300. The molecule has 1 aromatic rings. The molecule has 4 heteroatoms. The number of halogens is 1. The van der Waals surface area contributed by atoms with Crippen molar-refractivity contribution in [3.63, 3.8) is 0 Å². The van der Waals surface area contributed by atoms with E-state index in [9.17, 15) is 0 Å². The van der Waals surface area contributed by atoms with Gasteiger partial charge in [0, 0.05) is 17.8 Å². The van der Waals surface area contributed by atoms with Crippen molar-refractivity contribution in [1.29, 1.82) is 0 Å². The van der Waals surface area contributed by atoms with Crippen molar-refractivity contribution in [1.82, 2.24) is 5.32 Å². The fraction of sp³-hybridized carbons (Fsp3) is 0.600. The standard InChI is InChI=1S/C10H14ClNS2/c1-7-9(2-3-13-7)12-5-8-4-10(11)14-6-8/h4,6-7,9,12H,2-3,5H2,1H3. The number of nitrogens with one attached hydrogen (secondary N) is 1. The molecule has 0 aromatic carbocycles. The first-order valence-corrected chi connectivity index (χ1v) is 7.14. The van der Waals surface area contributed by atoms with Crippen LogP contribution in [-0.2, 0) is 6.54 Å². The Balaban J connectivity index is 1.82. The second-order valence-corrected chi connectivity index (χ2v) is 6.64. The van der Waals surface area contributed by atoms with Crippen LogP contribution in [0, 0.1) is 0 Å². The highest BCUT2D eigenvalue weighted by Crippen LogP contribution is 2.27. The lowest BCUT2D eigenvalue weighted by Crippen LogP contribution is -2.32. The van der Waals surface area contributed by atoms with Gasteiger partial charge >= 0.3 is 0 Å². The van der Waals surface area contributed by atoms with Crippen LogP contribution in [0.15, 0.2) is 11.4 Å². The summed E-state index contributed by atoms with van der Waals surface area (Å²) in [5.41, 5.74) is 1.31. The van der Waals surface area contributed by atoms with Crippen LogP contribution in [0.4, 0.5) is 0 Å². The lowest BCUT2D eigenvalue weighted by Gasteiger charge is -2.15. The highest BCUT2D eigenvalue weighted by Gasteiger charge is 2.22. The van der Waals surface area contributed by atoms with Crippen LogP contribution in [0.3, 0.4) is 0 Å². The van der Waals surface area contributed by atoms with E-state index < -0.39 is 0 Å². The van der Waals surface area contributed by atoms with Gasteiger partial charge in [-0.15, -0.1) is 11.3 Å². The molecule has 0 spiro atoms. The fourth-order valence-corrected chi connectivity index (χ4v) is 3.82. The van der Waals surface area contributed by atoms with Gasteiger partial charge in [-0.1, -0.05) is 18.5 Å². The summed E-state index contributed by atoms with van der Waals surface area (Å²) >= 11 is 9.54. The summed E-state index contributed by atoms with van der Waals surface area (Å²) in [5.74, 6) is 1.29. The third-order valence-electron chi connectivity index (χ3n) is 2.57. The first-order valence-electron chi connectivity index (χ1n) is 4.83. The van der Waals surface area contributed by atoms with E-state index in [4.69, 9.17) is 11.6 Å². The molecule has 0 radical (unpaired) electrons. The Labute approximate surface area is 98.2 Å². The second kappa shape index (κ2) is 4.88. The van der Waals surface area contributed by atoms with E-state index in [-0.39, 0.29) is 0 Å². The lowest BCUT2D eigenvalue weighted by atomic mass is 10.1. The van der Waals surface area contributed by atoms with Gasteiger partial charge in [-0.25, -0.2) is 0 Å². The van der Waals surface area contributed by atoms with Crippen molar-refractivity contribution in [3.05, 3.63) is 21.3 Å². The molecule has 1 nitrogen and oxygen atoms in total. The zero-order valence-electron chi connectivity index (χ0n) is 8.13. The molecule has 1 fully saturated rings. The smallest absolute Gasteiger partial charge is 0.0931 e. The molecule has 1 aliphatic heterocycles. The van der Waals surface area contributed by atoms with Crippen molar-refractivity contribution in [2.75, 3.05) is 5.75 Å². The van der Waals surface area contributed by atoms with Gasteiger partial charge in [0.15, 0.2) is 0 Å². The SMILES string of the molecule is CC1SCCC1NCc1csc(Cl)c1. The Morgan fingerprint density at radius 2 is 2.50 bits per heavy atom. The zero-order valence-corrected chi connectivity index (χ0v) is 10.5. The van der Waals surface area contributed by atoms with Crippen LogP contribution >= 0.6 is 34.7 Å². The van der Waals surface area contributed by atoms with Gasteiger partial charge in [-0.3, -0.25) is 0 Å². The average Bonchev–Trinajstić information content (AvgIpc) is 2.72. The number of rotatable bonds is 3. The number of hydrogen-bond acceptors (Lipinski definition) is 3. The molecule has 1 N–H and O–H groups in total. The Hall–Kier alpha value is 0.300. The van der Waals surface area contributed by atoms with E-state index in [2.05, 4.69) is 29.4 Å². The molecule has 1 aliphatic rings.